The molecule has 0 aliphatic rings. The van der Waals surface area contributed by atoms with Crippen molar-refractivity contribution in [3.05, 3.63) is 107 Å². The summed E-state index contributed by atoms with van der Waals surface area (Å²) in [5.41, 5.74) is 5.59. The van der Waals surface area contributed by atoms with Crippen LogP contribution in [0.2, 0.25) is 0 Å². The average molecular weight is 458 g/mol. The number of carbonyl (C=O) groups is 1. The summed E-state index contributed by atoms with van der Waals surface area (Å²) in [5.74, 6) is -0.463. The van der Waals surface area contributed by atoms with E-state index in [1.165, 1.54) is 23.3 Å². The molecule has 176 valence electrons. The first kappa shape index (κ1) is 23.7. The molecule has 0 saturated heterocycles. The van der Waals surface area contributed by atoms with Crippen molar-refractivity contribution in [1.29, 1.82) is 0 Å². The second-order valence-corrected chi connectivity index (χ2v) is 9.18. The molecule has 0 bridgehead atoms. The lowest BCUT2D eigenvalue weighted by Gasteiger charge is -2.18. The summed E-state index contributed by atoms with van der Waals surface area (Å²) in [6.45, 7) is 4.20. The van der Waals surface area contributed by atoms with Crippen molar-refractivity contribution in [2.24, 2.45) is 0 Å². The lowest BCUT2D eigenvalue weighted by molar-refractivity contribution is -0.121. The molecule has 5 heteroatoms. The lowest BCUT2D eigenvalue weighted by Crippen LogP contribution is -2.32. The minimum atomic E-state index is -0.278. The molecule has 4 rings (SSSR count). The highest BCUT2D eigenvalue weighted by Crippen LogP contribution is 2.35. The number of fused-ring (bicyclic) bond motifs is 1. The van der Waals surface area contributed by atoms with Gasteiger partial charge in [0, 0.05) is 49.1 Å². The number of aromatic nitrogens is 1. The van der Waals surface area contributed by atoms with E-state index in [-0.39, 0.29) is 17.6 Å². The van der Waals surface area contributed by atoms with Crippen LogP contribution in [0.1, 0.15) is 34.6 Å². The van der Waals surface area contributed by atoms with Crippen LogP contribution in [0, 0.1) is 12.7 Å². The van der Waals surface area contributed by atoms with Crippen molar-refractivity contribution in [2.75, 3.05) is 27.2 Å². The SMILES string of the molecule is Cc1ccc(Cn2cc([C@@H](CC(=O)NCCN(C)C)c3ccc(F)cc3)c3ccccc32)cc1. The summed E-state index contributed by atoms with van der Waals surface area (Å²) < 4.78 is 15.9. The number of nitrogens with one attached hydrogen (secondary N) is 1. The van der Waals surface area contributed by atoms with Gasteiger partial charge < -0.3 is 14.8 Å². The molecule has 0 aliphatic carbocycles. The van der Waals surface area contributed by atoms with Crippen LogP contribution in [0.4, 0.5) is 4.39 Å². The molecular formula is C29H32FN3O. The molecule has 0 saturated carbocycles. The second-order valence-electron chi connectivity index (χ2n) is 9.18. The van der Waals surface area contributed by atoms with Gasteiger partial charge >= 0.3 is 0 Å². The molecule has 1 amide bonds. The minimum absolute atomic E-state index is 0.00783. The largest absolute Gasteiger partial charge is 0.355 e. The van der Waals surface area contributed by atoms with Crippen LogP contribution >= 0.6 is 0 Å². The van der Waals surface area contributed by atoms with Crippen molar-refractivity contribution < 1.29 is 9.18 Å². The second kappa shape index (κ2) is 10.7. The van der Waals surface area contributed by atoms with E-state index >= 15 is 0 Å². The number of halogens is 1. The maximum atomic E-state index is 13.7. The fourth-order valence-corrected chi connectivity index (χ4v) is 4.35. The summed E-state index contributed by atoms with van der Waals surface area (Å²) in [4.78, 5) is 14.9. The molecule has 0 aliphatic heterocycles. The Kier molecular flexibility index (Phi) is 7.43. The number of hydrogen-bond acceptors (Lipinski definition) is 2. The van der Waals surface area contributed by atoms with Crippen LogP contribution in [0.25, 0.3) is 10.9 Å². The molecule has 0 unspecified atom stereocenters. The minimum Gasteiger partial charge on any atom is -0.355 e. The van der Waals surface area contributed by atoms with E-state index in [0.29, 0.717) is 13.0 Å². The third kappa shape index (κ3) is 5.72. The molecule has 3 aromatic carbocycles. The number of aryl methyl sites for hydroxylation is 1. The summed E-state index contributed by atoms with van der Waals surface area (Å²) in [5, 5.41) is 4.15. The smallest absolute Gasteiger partial charge is 0.220 e. The van der Waals surface area contributed by atoms with Gasteiger partial charge in [0.15, 0.2) is 0 Å². The maximum Gasteiger partial charge on any atom is 0.220 e. The molecule has 0 fully saturated rings. The Morgan fingerprint density at radius 3 is 2.41 bits per heavy atom. The highest BCUT2D eigenvalue weighted by molar-refractivity contribution is 5.86. The molecule has 0 radical (unpaired) electrons. The van der Waals surface area contributed by atoms with E-state index in [0.717, 1.165) is 35.1 Å². The third-order valence-electron chi connectivity index (χ3n) is 6.21. The average Bonchev–Trinajstić information content (AvgIpc) is 3.17. The maximum absolute atomic E-state index is 13.7. The van der Waals surface area contributed by atoms with E-state index in [1.54, 1.807) is 12.1 Å². The van der Waals surface area contributed by atoms with Gasteiger partial charge in [-0.15, -0.1) is 0 Å². The topological polar surface area (TPSA) is 37.3 Å². The number of rotatable bonds is 9. The van der Waals surface area contributed by atoms with E-state index < -0.39 is 0 Å². The Labute approximate surface area is 201 Å². The van der Waals surface area contributed by atoms with Crippen molar-refractivity contribution in [1.82, 2.24) is 14.8 Å². The number of likely N-dealkylation sites (N-methyl/N-ethyl adjacent to an activating group) is 1. The summed E-state index contributed by atoms with van der Waals surface area (Å²) in [6, 6.07) is 23.4. The predicted molar refractivity (Wildman–Crippen MR) is 137 cm³/mol. The summed E-state index contributed by atoms with van der Waals surface area (Å²) in [6.07, 6.45) is 2.46. The van der Waals surface area contributed by atoms with Crippen LogP contribution < -0.4 is 5.32 Å². The van der Waals surface area contributed by atoms with Gasteiger partial charge in [-0.05, 0) is 55.9 Å². The number of amides is 1. The van der Waals surface area contributed by atoms with Gasteiger partial charge in [-0.1, -0.05) is 60.2 Å². The van der Waals surface area contributed by atoms with Gasteiger partial charge in [0.2, 0.25) is 5.91 Å². The monoisotopic (exact) mass is 457 g/mol. The Morgan fingerprint density at radius 1 is 1.00 bits per heavy atom. The van der Waals surface area contributed by atoms with Gasteiger partial charge in [0.25, 0.3) is 0 Å². The van der Waals surface area contributed by atoms with Gasteiger partial charge in [-0.3, -0.25) is 4.79 Å². The Bertz CT molecular complexity index is 1240. The van der Waals surface area contributed by atoms with Crippen LogP contribution in [-0.2, 0) is 11.3 Å². The molecule has 1 heterocycles. The number of hydrogen-bond donors (Lipinski definition) is 1. The first-order valence-corrected chi connectivity index (χ1v) is 11.7. The fraction of sp³-hybridized carbons (Fsp3) is 0.276. The van der Waals surface area contributed by atoms with E-state index in [9.17, 15) is 9.18 Å². The number of carbonyl (C=O) groups excluding carboxylic acids is 1. The summed E-state index contributed by atoms with van der Waals surface area (Å²) in [7, 11) is 3.97. The molecule has 4 aromatic rings. The number of nitrogens with zero attached hydrogens (tertiary/aromatic N) is 2. The zero-order valence-corrected chi connectivity index (χ0v) is 20.1. The first-order valence-electron chi connectivity index (χ1n) is 11.7. The van der Waals surface area contributed by atoms with Gasteiger partial charge in [-0.2, -0.15) is 0 Å². The van der Waals surface area contributed by atoms with Crippen LogP contribution in [0.15, 0.2) is 79.0 Å². The molecule has 34 heavy (non-hydrogen) atoms. The van der Waals surface area contributed by atoms with Crippen LogP contribution in [-0.4, -0.2) is 42.6 Å². The van der Waals surface area contributed by atoms with E-state index in [2.05, 4.69) is 59.4 Å². The Hall–Kier alpha value is -3.44. The molecule has 1 aromatic heterocycles. The molecule has 0 spiro atoms. The lowest BCUT2D eigenvalue weighted by atomic mass is 9.88. The number of benzene rings is 3. The van der Waals surface area contributed by atoms with Crippen molar-refractivity contribution in [3.8, 4) is 0 Å². The highest BCUT2D eigenvalue weighted by atomic mass is 19.1. The number of para-hydroxylation sites is 1. The van der Waals surface area contributed by atoms with Crippen LogP contribution in [0.3, 0.4) is 0 Å². The van der Waals surface area contributed by atoms with Crippen molar-refractivity contribution in [3.63, 3.8) is 0 Å². The fourth-order valence-electron chi connectivity index (χ4n) is 4.35. The van der Waals surface area contributed by atoms with E-state index in [4.69, 9.17) is 0 Å². The first-order chi connectivity index (χ1) is 16.4. The van der Waals surface area contributed by atoms with E-state index in [1.807, 2.05) is 31.1 Å². The third-order valence-corrected chi connectivity index (χ3v) is 6.21. The Balaban J connectivity index is 1.70. The molecule has 1 atom stereocenters. The van der Waals surface area contributed by atoms with Crippen LogP contribution in [0.5, 0.6) is 0 Å². The quantitative estimate of drug-likeness (QED) is 0.369. The van der Waals surface area contributed by atoms with Crippen molar-refractivity contribution >= 4 is 16.8 Å². The van der Waals surface area contributed by atoms with Gasteiger partial charge in [-0.25, -0.2) is 4.39 Å². The standard InChI is InChI=1S/C29H32FN3O/c1-21-8-10-22(11-9-21)19-33-20-27(25-6-4-5-7-28(25)33)26(23-12-14-24(30)15-13-23)18-29(34)31-16-17-32(2)3/h4-15,20,26H,16-19H2,1-3H3,(H,31,34)/t26-/m0/s1. The molecular weight excluding hydrogens is 425 g/mol. The summed E-state index contributed by atoms with van der Waals surface area (Å²) >= 11 is 0. The zero-order chi connectivity index (χ0) is 24.1. The zero-order valence-electron chi connectivity index (χ0n) is 20.1. The highest BCUT2D eigenvalue weighted by Gasteiger charge is 2.23. The molecule has 1 N–H and O–H groups in total. The molecule has 4 nitrogen and oxygen atoms in total. The van der Waals surface area contributed by atoms with Gasteiger partial charge in [0.05, 0.1) is 0 Å². The van der Waals surface area contributed by atoms with Gasteiger partial charge in [0.1, 0.15) is 5.82 Å². The Morgan fingerprint density at radius 2 is 1.71 bits per heavy atom. The van der Waals surface area contributed by atoms with Crippen molar-refractivity contribution in [2.45, 2.75) is 25.8 Å². The predicted octanol–water partition coefficient (Wildman–Crippen LogP) is 5.34. The normalized spacial score (nSPS) is 12.3.